The van der Waals surface area contributed by atoms with Crippen LogP contribution in [0.4, 0.5) is 11.4 Å². The molecule has 1 aromatic carbocycles. The fourth-order valence-electron chi connectivity index (χ4n) is 4.59. The summed E-state index contributed by atoms with van der Waals surface area (Å²) < 4.78 is 5.83. The number of carbonyl (C=O) groups is 2. The number of nitrogens with zero attached hydrogens (tertiary/aromatic N) is 2. The lowest BCUT2D eigenvalue weighted by Gasteiger charge is -2.32. The number of carbonyl (C=O) groups excluding carboxylic acids is 2. The molecule has 1 aliphatic carbocycles. The molecule has 1 N–H and O–H groups in total. The SMILES string of the molecule is CN(C)c1ccc(NC(=O)C2CCCC2)cc1CN(C[C@H]1CCCO1)C(=O)C(C)(C)C. The van der Waals surface area contributed by atoms with E-state index in [4.69, 9.17) is 4.74 Å². The fourth-order valence-corrected chi connectivity index (χ4v) is 4.59. The molecule has 2 fully saturated rings. The Morgan fingerprint density at radius 2 is 1.81 bits per heavy atom. The minimum absolute atomic E-state index is 0.0966. The molecule has 0 aromatic heterocycles. The minimum Gasteiger partial charge on any atom is -0.377 e. The number of anilines is 2. The van der Waals surface area contributed by atoms with Crippen molar-refractivity contribution in [3.05, 3.63) is 23.8 Å². The summed E-state index contributed by atoms with van der Waals surface area (Å²) in [6.07, 6.45) is 6.36. The molecule has 6 heteroatoms. The van der Waals surface area contributed by atoms with Gasteiger partial charge in [-0.2, -0.15) is 0 Å². The van der Waals surface area contributed by atoms with Gasteiger partial charge >= 0.3 is 0 Å². The van der Waals surface area contributed by atoms with Crippen molar-refractivity contribution in [2.75, 3.05) is 37.5 Å². The van der Waals surface area contributed by atoms with Crippen LogP contribution in [0, 0.1) is 11.3 Å². The Morgan fingerprint density at radius 3 is 2.39 bits per heavy atom. The van der Waals surface area contributed by atoms with Gasteiger partial charge in [0.05, 0.1) is 6.10 Å². The minimum atomic E-state index is -0.467. The maximum absolute atomic E-state index is 13.3. The molecule has 1 aromatic rings. The molecule has 0 radical (unpaired) electrons. The molecule has 6 nitrogen and oxygen atoms in total. The van der Waals surface area contributed by atoms with Gasteiger partial charge < -0.3 is 19.9 Å². The summed E-state index contributed by atoms with van der Waals surface area (Å²) in [5.74, 6) is 0.353. The highest BCUT2D eigenvalue weighted by Crippen LogP contribution is 2.30. The third-order valence-electron chi connectivity index (χ3n) is 6.29. The monoisotopic (exact) mass is 429 g/mol. The zero-order valence-corrected chi connectivity index (χ0v) is 19.9. The first-order valence-electron chi connectivity index (χ1n) is 11.7. The third kappa shape index (κ3) is 6.22. The van der Waals surface area contributed by atoms with Crippen molar-refractivity contribution < 1.29 is 14.3 Å². The van der Waals surface area contributed by atoms with Gasteiger partial charge in [-0.25, -0.2) is 0 Å². The first-order chi connectivity index (χ1) is 14.6. The summed E-state index contributed by atoms with van der Waals surface area (Å²) in [7, 11) is 4.01. The van der Waals surface area contributed by atoms with E-state index in [1.807, 2.05) is 58.0 Å². The second-order valence-electron chi connectivity index (χ2n) is 10.3. The Morgan fingerprint density at radius 1 is 1.10 bits per heavy atom. The molecule has 0 bridgehead atoms. The second kappa shape index (κ2) is 10.0. The average molecular weight is 430 g/mol. The van der Waals surface area contributed by atoms with Crippen molar-refractivity contribution in [1.82, 2.24) is 4.90 Å². The number of hydrogen-bond acceptors (Lipinski definition) is 4. The van der Waals surface area contributed by atoms with E-state index in [1.165, 1.54) is 0 Å². The van der Waals surface area contributed by atoms with Crippen molar-refractivity contribution in [2.24, 2.45) is 11.3 Å². The Kier molecular flexibility index (Phi) is 7.63. The molecule has 1 aliphatic heterocycles. The molecule has 0 spiro atoms. The van der Waals surface area contributed by atoms with E-state index < -0.39 is 5.41 Å². The molecule has 1 heterocycles. The van der Waals surface area contributed by atoms with Crippen LogP contribution in [0.1, 0.15) is 64.9 Å². The molecule has 2 aliphatic rings. The van der Waals surface area contributed by atoms with Gasteiger partial charge in [0.1, 0.15) is 0 Å². The van der Waals surface area contributed by atoms with E-state index in [2.05, 4.69) is 10.2 Å². The van der Waals surface area contributed by atoms with Crippen LogP contribution in [0.15, 0.2) is 18.2 Å². The molecule has 1 saturated heterocycles. The molecule has 0 unspecified atom stereocenters. The summed E-state index contributed by atoms with van der Waals surface area (Å²) in [5, 5.41) is 3.11. The second-order valence-corrected chi connectivity index (χ2v) is 10.3. The fraction of sp³-hybridized carbons (Fsp3) is 0.680. The molecule has 172 valence electrons. The third-order valence-corrected chi connectivity index (χ3v) is 6.29. The summed E-state index contributed by atoms with van der Waals surface area (Å²) in [4.78, 5) is 29.9. The van der Waals surface area contributed by atoms with E-state index in [0.29, 0.717) is 13.1 Å². The van der Waals surface area contributed by atoms with Crippen LogP contribution in [0.2, 0.25) is 0 Å². The largest absolute Gasteiger partial charge is 0.377 e. The molecular weight excluding hydrogens is 390 g/mol. The maximum atomic E-state index is 13.3. The summed E-state index contributed by atoms with van der Waals surface area (Å²) >= 11 is 0. The lowest BCUT2D eigenvalue weighted by atomic mass is 9.94. The van der Waals surface area contributed by atoms with E-state index in [9.17, 15) is 9.59 Å². The number of ether oxygens (including phenoxy) is 1. The standard InChI is InChI=1S/C25H39N3O3/c1-25(2,3)24(30)28(17-21-11-8-14-31-21)16-19-15-20(12-13-22(19)27(4)5)26-23(29)18-9-6-7-10-18/h12-13,15,18,21H,6-11,14,16-17H2,1-5H3,(H,26,29)/t21-/m1/s1. The normalized spacial score (nSPS) is 19.5. The highest BCUT2D eigenvalue weighted by Gasteiger charge is 2.31. The summed E-state index contributed by atoms with van der Waals surface area (Å²) in [6, 6.07) is 6.02. The van der Waals surface area contributed by atoms with Crippen LogP contribution in [-0.2, 0) is 20.9 Å². The van der Waals surface area contributed by atoms with Crippen LogP contribution in [-0.4, -0.2) is 50.1 Å². The highest BCUT2D eigenvalue weighted by atomic mass is 16.5. The van der Waals surface area contributed by atoms with Gasteiger partial charge in [-0.3, -0.25) is 9.59 Å². The van der Waals surface area contributed by atoms with Crippen molar-refractivity contribution >= 4 is 23.2 Å². The first-order valence-corrected chi connectivity index (χ1v) is 11.7. The number of rotatable bonds is 7. The first kappa shape index (κ1) is 23.6. The van der Waals surface area contributed by atoms with Gasteiger partial charge in [-0.1, -0.05) is 33.6 Å². The highest BCUT2D eigenvalue weighted by molar-refractivity contribution is 5.93. The van der Waals surface area contributed by atoms with Crippen LogP contribution in [0.5, 0.6) is 0 Å². The number of benzene rings is 1. The Balaban J connectivity index is 1.83. The Labute approximate surface area is 187 Å². The quantitative estimate of drug-likeness (QED) is 0.696. The number of amides is 2. The van der Waals surface area contributed by atoms with E-state index in [1.54, 1.807) is 0 Å². The van der Waals surface area contributed by atoms with Gasteiger partial charge in [0.2, 0.25) is 11.8 Å². The predicted molar refractivity (Wildman–Crippen MR) is 125 cm³/mol. The number of hydrogen-bond donors (Lipinski definition) is 1. The van der Waals surface area contributed by atoms with Crippen LogP contribution < -0.4 is 10.2 Å². The van der Waals surface area contributed by atoms with Crippen molar-refractivity contribution in [1.29, 1.82) is 0 Å². The van der Waals surface area contributed by atoms with Crippen LogP contribution in [0.3, 0.4) is 0 Å². The van der Waals surface area contributed by atoms with Gasteiger partial charge in [0.15, 0.2) is 0 Å². The van der Waals surface area contributed by atoms with Crippen LogP contribution in [0.25, 0.3) is 0 Å². The molecular formula is C25H39N3O3. The predicted octanol–water partition coefficient (Wildman–Crippen LogP) is 4.44. The molecule has 1 saturated carbocycles. The zero-order chi connectivity index (χ0) is 22.6. The summed E-state index contributed by atoms with van der Waals surface area (Å²) in [5.41, 5.74) is 2.42. The molecule has 1 atom stereocenters. The zero-order valence-electron chi connectivity index (χ0n) is 19.9. The molecule has 3 rings (SSSR count). The van der Waals surface area contributed by atoms with E-state index >= 15 is 0 Å². The van der Waals surface area contributed by atoms with E-state index in [0.717, 1.165) is 62.1 Å². The molecule has 31 heavy (non-hydrogen) atoms. The maximum Gasteiger partial charge on any atom is 0.228 e. The van der Waals surface area contributed by atoms with Crippen molar-refractivity contribution in [2.45, 2.75) is 71.9 Å². The van der Waals surface area contributed by atoms with Gasteiger partial charge in [0, 0.05) is 56.5 Å². The Bertz CT molecular complexity index is 773. The lowest BCUT2D eigenvalue weighted by Crippen LogP contribution is -2.43. The number of nitrogens with one attached hydrogen (secondary N) is 1. The van der Waals surface area contributed by atoms with Gasteiger partial charge in [-0.05, 0) is 49.4 Å². The van der Waals surface area contributed by atoms with E-state index in [-0.39, 0.29) is 23.8 Å². The van der Waals surface area contributed by atoms with Gasteiger partial charge in [0.25, 0.3) is 0 Å². The van der Waals surface area contributed by atoms with Crippen LogP contribution >= 0.6 is 0 Å². The van der Waals surface area contributed by atoms with Crippen molar-refractivity contribution in [3.8, 4) is 0 Å². The smallest absolute Gasteiger partial charge is 0.228 e. The van der Waals surface area contributed by atoms with Crippen molar-refractivity contribution in [3.63, 3.8) is 0 Å². The molecule has 2 amide bonds. The topological polar surface area (TPSA) is 61.9 Å². The lowest BCUT2D eigenvalue weighted by molar-refractivity contribution is -0.141. The summed E-state index contributed by atoms with van der Waals surface area (Å²) in [6.45, 7) is 7.75. The average Bonchev–Trinajstić information content (AvgIpc) is 3.40. The Hall–Kier alpha value is -2.08. The van der Waals surface area contributed by atoms with Gasteiger partial charge in [-0.15, -0.1) is 0 Å².